The first-order valence-electron chi connectivity index (χ1n) is 6.18. The average molecular weight is 277 g/mol. The van der Waals surface area contributed by atoms with E-state index in [0.717, 1.165) is 28.4 Å². The largest absolute Gasteiger partial charge is 0.365 e. The van der Waals surface area contributed by atoms with Crippen LogP contribution in [0.2, 0.25) is 5.02 Å². The quantitative estimate of drug-likeness (QED) is 0.910. The van der Waals surface area contributed by atoms with Gasteiger partial charge in [-0.2, -0.15) is 0 Å². The van der Waals surface area contributed by atoms with Gasteiger partial charge in [-0.25, -0.2) is 4.39 Å². The Morgan fingerprint density at radius 2 is 1.95 bits per heavy atom. The van der Waals surface area contributed by atoms with Gasteiger partial charge < -0.3 is 10.6 Å². The van der Waals surface area contributed by atoms with E-state index in [0.29, 0.717) is 6.54 Å². The third kappa shape index (κ3) is 2.44. The molecule has 0 fully saturated rings. The van der Waals surface area contributed by atoms with Gasteiger partial charge in [-0.05, 0) is 41.5 Å². The lowest BCUT2D eigenvalue weighted by molar-refractivity contribution is 0.624. The molecule has 0 unspecified atom stereocenters. The molecule has 0 spiro atoms. The zero-order valence-electron chi connectivity index (χ0n) is 10.3. The Morgan fingerprint density at radius 1 is 1.21 bits per heavy atom. The summed E-state index contributed by atoms with van der Waals surface area (Å²) in [6.45, 7) is 1.46. The highest BCUT2D eigenvalue weighted by Gasteiger charge is 2.26. The zero-order chi connectivity index (χ0) is 13.4. The molecule has 0 bridgehead atoms. The number of hydrogen-bond acceptors (Lipinski definition) is 2. The van der Waals surface area contributed by atoms with Crippen molar-refractivity contribution < 1.29 is 4.39 Å². The van der Waals surface area contributed by atoms with E-state index < -0.39 is 0 Å². The molecule has 98 valence electrons. The molecule has 2 N–H and O–H groups in total. The van der Waals surface area contributed by atoms with Crippen LogP contribution in [0.4, 0.5) is 10.1 Å². The number of nitrogens with zero attached hydrogens (tertiary/aromatic N) is 1. The van der Waals surface area contributed by atoms with E-state index in [4.69, 9.17) is 17.3 Å². The van der Waals surface area contributed by atoms with Gasteiger partial charge in [-0.15, -0.1) is 0 Å². The van der Waals surface area contributed by atoms with Crippen LogP contribution in [0.1, 0.15) is 17.2 Å². The number of anilines is 1. The molecule has 2 aromatic rings. The van der Waals surface area contributed by atoms with Crippen molar-refractivity contribution in [3.63, 3.8) is 0 Å². The highest BCUT2D eigenvalue weighted by molar-refractivity contribution is 6.30. The zero-order valence-corrected chi connectivity index (χ0v) is 11.1. The van der Waals surface area contributed by atoms with Crippen LogP contribution in [0, 0.1) is 5.82 Å². The van der Waals surface area contributed by atoms with Crippen LogP contribution in [0.5, 0.6) is 0 Å². The molecule has 2 nitrogen and oxygen atoms in total. The Balaban J connectivity index is 1.86. The van der Waals surface area contributed by atoms with Gasteiger partial charge in [-0.1, -0.05) is 23.7 Å². The number of rotatable bonds is 2. The fourth-order valence-corrected chi connectivity index (χ4v) is 2.63. The number of hydrogen-bond donors (Lipinski definition) is 1. The minimum Gasteiger partial charge on any atom is -0.365 e. The number of halogens is 2. The molecule has 0 radical (unpaired) electrons. The highest BCUT2D eigenvalue weighted by atomic mass is 35.5. The molecule has 4 heteroatoms. The van der Waals surface area contributed by atoms with Gasteiger partial charge in [0.15, 0.2) is 0 Å². The Morgan fingerprint density at radius 3 is 2.68 bits per heavy atom. The Labute approximate surface area is 116 Å². The summed E-state index contributed by atoms with van der Waals surface area (Å²) in [7, 11) is 0. The first-order valence-corrected chi connectivity index (χ1v) is 6.56. The summed E-state index contributed by atoms with van der Waals surface area (Å²) >= 11 is 5.87. The van der Waals surface area contributed by atoms with E-state index in [-0.39, 0.29) is 11.9 Å². The van der Waals surface area contributed by atoms with Crippen molar-refractivity contribution in [2.75, 3.05) is 11.4 Å². The molecule has 1 heterocycles. The summed E-state index contributed by atoms with van der Waals surface area (Å²) in [5.74, 6) is -0.234. The van der Waals surface area contributed by atoms with E-state index in [2.05, 4.69) is 4.90 Å². The Bertz CT molecular complexity index is 598. The topological polar surface area (TPSA) is 29.3 Å². The van der Waals surface area contributed by atoms with E-state index in [1.165, 1.54) is 12.1 Å². The van der Waals surface area contributed by atoms with E-state index in [1.54, 1.807) is 6.07 Å². The van der Waals surface area contributed by atoms with Crippen LogP contribution in [0.15, 0.2) is 42.5 Å². The van der Waals surface area contributed by atoms with Gasteiger partial charge in [0.2, 0.25) is 0 Å². The van der Waals surface area contributed by atoms with Crippen LogP contribution in [0.25, 0.3) is 0 Å². The first-order chi connectivity index (χ1) is 9.13. The lowest BCUT2D eigenvalue weighted by atomic mass is 10.1. The lowest BCUT2D eigenvalue weighted by Gasteiger charge is -2.19. The van der Waals surface area contributed by atoms with Crippen LogP contribution in [-0.2, 0) is 6.54 Å². The minimum absolute atomic E-state index is 0.127. The maximum absolute atomic E-state index is 13.2. The van der Waals surface area contributed by atoms with Gasteiger partial charge in [0.25, 0.3) is 0 Å². The Hall–Kier alpha value is -1.58. The number of nitrogens with two attached hydrogens (primary N) is 1. The van der Waals surface area contributed by atoms with Crippen molar-refractivity contribution in [2.24, 2.45) is 5.73 Å². The molecule has 0 amide bonds. The lowest BCUT2D eigenvalue weighted by Crippen LogP contribution is -2.23. The molecular weight excluding hydrogens is 263 g/mol. The van der Waals surface area contributed by atoms with Crippen molar-refractivity contribution in [2.45, 2.75) is 12.6 Å². The third-order valence-corrected chi connectivity index (χ3v) is 3.69. The summed E-state index contributed by atoms with van der Waals surface area (Å²) in [4.78, 5) is 2.17. The molecule has 0 saturated carbocycles. The SMILES string of the molecule is N[C@H]1CN(Cc2ccc(Cl)cc2)c2ccc(F)cc21. The summed E-state index contributed by atoms with van der Waals surface area (Å²) in [5, 5.41) is 0.726. The van der Waals surface area contributed by atoms with E-state index >= 15 is 0 Å². The molecule has 19 heavy (non-hydrogen) atoms. The highest BCUT2D eigenvalue weighted by Crippen LogP contribution is 2.34. The standard InChI is InChI=1S/C15H14ClFN2/c16-11-3-1-10(2-4-11)8-19-9-14(18)13-7-12(17)5-6-15(13)19/h1-7,14H,8-9,18H2/t14-/m0/s1. The second-order valence-electron chi connectivity index (χ2n) is 4.82. The van der Waals surface area contributed by atoms with Crippen LogP contribution in [-0.4, -0.2) is 6.54 Å². The summed E-state index contributed by atoms with van der Waals surface area (Å²) in [6, 6.07) is 12.4. The molecule has 1 atom stereocenters. The third-order valence-electron chi connectivity index (χ3n) is 3.43. The normalized spacial score (nSPS) is 17.6. The van der Waals surface area contributed by atoms with Crippen molar-refractivity contribution in [1.82, 2.24) is 0 Å². The van der Waals surface area contributed by atoms with E-state index in [9.17, 15) is 4.39 Å². The second kappa shape index (κ2) is 4.83. The molecule has 0 aliphatic carbocycles. The predicted molar refractivity (Wildman–Crippen MR) is 75.8 cm³/mol. The van der Waals surface area contributed by atoms with Gasteiger partial charge in [-0.3, -0.25) is 0 Å². The molecule has 2 aromatic carbocycles. The first kappa shape index (κ1) is 12.5. The fraction of sp³-hybridized carbons (Fsp3) is 0.200. The molecule has 0 aromatic heterocycles. The summed E-state index contributed by atoms with van der Waals surface area (Å²) in [5.41, 5.74) is 9.12. The van der Waals surface area contributed by atoms with Crippen molar-refractivity contribution >= 4 is 17.3 Å². The van der Waals surface area contributed by atoms with Gasteiger partial charge in [0.05, 0.1) is 0 Å². The maximum Gasteiger partial charge on any atom is 0.123 e. The second-order valence-corrected chi connectivity index (χ2v) is 5.25. The molecule has 3 rings (SSSR count). The number of fused-ring (bicyclic) bond motifs is 1. The van der Waals surface area contributed by atoms with Crippen LogP contribution in [0.3, 0.4) is 0 Å². The molecule has 1 aliphatic rings. The van der Waals surface area contributed by atoms with Gasteiger partial charge in [0, 0.05) is 29.8 Å². The molecule has 1 aliphatic heterocycles. The Kier molecular flexibility index (Phi) is 3.17. The van der Waals surface area contributed by atoms with Gasteiger partial charge in [0.1, 0.15) is 5.82 Å². The minimum atomic E-state index is -0.234. The van der Waals surface area contributed by atoms with Crippen molar-refractivity contribution in [1.29, 1.82) is 0 Å². The van der Waals surface area contributed by atoms with Crippen LogP contribution < -0.4 is 10.6 Å². The average Bonchev–Trinajstić information content (AvgIpc) is 2.69. The monoisotopic (exact) mass is 276 g/mol. The molecular formula is C15H14ClFN2. The number of benzene rings is 2. The van der Waals surface area contributed by atoms with Crippen LogP contribution >= 0.6 is 11.6 Å². The maximum atomic E-state index is 13.2. The smallest absolute Gasteiger partial charge is 0.123 e. The summed E-state index contributed by atoms with van der Waals surface area (Å²) < 4.78 is 13.2. The van der Waals surface area contributed by atoms with E-state index in [1.807, 2.05) is 24.3 Å². The fourth-order valence-electron chi connectivity index (χ4n) is 2.50. The summed E-state index contributed by atoms with van der Waals surface area (Å²) in [6.07, 6.45) is 0. The predicted octanol–water partition coefficient (Wildman–Crippen LogP) is 3.50. The van der Waals surface area contributed by atoms with Crippen molar-refractivity contribution in [3.05, 3.63) is 64.4 Å². The molecule has 0 saturated heterocycles. The van der Waals surface area contributed by atoms with Crippen molar-refractivity contribution in [3.8, 4) is 0 Å². The van der Waals surface area contributed by atoms with Gasteiger partial charge >= 0.3 is 0 Å².